The van der Waals surface area contributed by atoms with E-state index in [2.05, 4.69) is 11.8 Å². The topological polar surface area (TPSA) is 29.5 Å². The van der Waals surface area contributed by atoms with Crippen LogP contribution in [0.2, 0.25) is 0 Å². The first-order valence-electron chi connectivity index (χ1n) is 7.03. The number of piperidine rings is 1. The minimum absolute atomic E-state index is 0.107. The fourth-order valence-corrected chi connectivity index (χ4v) is 2.73. The van der Waals surface area contributed by atoms with Crippen LogP contribution in [-0.4, -0.2) is 30.4 Å². The van der Waals surface area contributed by atoms with Crippen LogP contribution in [-0.2, 0) is 6.54 Å². The van der Waals surface area contributed by atoms with E-state index in [9.17, 15) is 4.79 Å². The Bertz CT molecular complexity index is 456. The standard InChI is InChI=1S/C16H23NO2/c1-12-6-4-5-9-17(12)11-15-10-14(13(2)18)7-8-16(15)19-3/h7-8,10,12H,4-6,9,11H2,1-3H3. The van der Waals surface area contributed by atoms with Gasteiger partial charge in [-0.2, -0.15) is 0 Å². The minimum Gasteiger partial charge on any atom is -0.496 e. The predicted molar refractivity (Wildman–Crippen MR) is 76.7 cm³/mol. The van der Waals surface area contributed by atoms with Crippen LogP contribution >= 0.6 is 0 Å². The van der Waals surface area contributed by atoms with E-state index >= 15 is 0 Å². The van der Waals surface area contributed by atoms with Gasteiger partial charge in [0.15, 0.2) is 5.78 Å². The zero-order valence-corrected chi connectivity index (χ0v) is 12.1. The van der Waals surface area contributed by atoms with Crippen LogP contribution in [0.15, 0.2) is 18.2 Å². The average Bonchev–Trinajstić information content (AvgIpc) is 2.41. The highest BCUT2D eigenvalue weighted by Gasteiger charge is 2.20. The number of Topliss-reactive ketones (excluding diaryl/α,β-unsaturated/α-hetero) is 1. The number of nitrogens with zero attached hydrogens (tertiary/aromatic N) is 1. The van der Waals surface area contributed by atoms with Crippen LogP contribution in [0, 0.1) is 0 Å². The number of rotatable bonds is 4. The van der Waals surface area contributed by atoms with Crippen LogP contribution in [0.5, 0.6) is 5.75 Å². The Morgan fingerprint density at radius 1 is 1.42 bits per heavy atom. The fourth-order valence-electron chi connectivity index (χ4n) is 2.73. The molecule has 1 atom stereocenters. The van der Waals surface area contributed by atoms with Crippen molar-refractivity contribution in [1.29, 1.82) is 0 Å². The van der Waals surface area contributed by atoms with Gasteiger partial charge in [0.1, 0.15) is 5.75 Å². The molecule has 1 fully saturated rings. The lowest BCUT2D eigenvalue weighted by Gasteiger charge is -2.33. The van der Waals surface area contributed by atoms with E-state index in [1.54, 1.807) is 14.0 Å². The van der Waals surface area contributed by atoms with Crippen LogP contribution in [0.25, 0.3) is 0 Å². The van der Waals surface area contributed by atoms with Gasteiger partial charge in [-0.1, -0.05) is 6.42 Å². The monoisotopic (exact) mass is 261 g/mol. The molecule has 1 heterocycles. The van der Waals surface area contributed by atoms with Gasteiger partial charge < -0.3 is 4.74 Å². The summed E-state index contributed by atoms with van der Waals surface area (Å²) in [5, 5.41) is 0. The van der Waals surface area contributed by atoms with Gasteiger partial charge in [-0.3, -0.25) is 9.69 Å². The second kappa shape index (κ2) is 6.20. The summed E-state index contributed by atoms with van der Waals surface area (Å²) in [6.45, 7) is 5.88. The smallest absolute Gasteiger partial charge is 0.159 e. The Kier molecular flexibility index (Phi) is 4.59. The summed E-state index contributed by atoms with van der Waals surface area (Å²) >= 11 is 0. The Morgan fingerprint density at radius 3 is 2.84 bits per heavy atom. The molecule has 3 heteroatoms. The van der Waals surface area contributed by atoms with E-state index in [0.29, 0.717) is 6.04 Å². The molecule has 0 aliphatic carbocycles. The van der Waals surface area contributed by atoms with Crippen molar-refractivity contribution in [3.63, 3.8) is 0 Å². The van der Waals surface area contributed by atoms with Crippen molar-refractivity contribution in [2.75, 3.05) is 13.7 Å². The molecule has 1 unspecified atom stereocenters. The molecule has 0 N–H and O–H groups in total. The normalized spacial score (nSPS) is 20.3. The highest BCUT2D eigenvalue weighted by molar-refractivity contribution is 5.94. The predicted octanol–water partition coefficient (Wildman–Crippen LogP) is 3.27. The van der Waals surface area contributed by atoms with Crippen molar-refractivity contribution in [3.8, 4) is 5.75 Å². The molecule has 0 amide bonds. The Balaban J connectivity index is 2.21. The van der Waals surface area contributed by atoms with Crippen molar-refractivity contribution in [3.05, 3.63) is 29.3 Å². The second-order valence-electron chi connectivity index (χ2n) is 5.40. The summed E-state index contributed by atoms with van der Waals surface area (Å²) in [4.78, 5) is 14.0. The van der Waals surface area contributed by atoms with Gasteiger partial charge in [0.2, 0.25) is 0 Å². The molecule has 1 aromatic carbocycles. The van der Waals surface area contributed by atoms with Crippen molar-refractivity contribution in [2.45, 2.75) is 45.7 Å². The summed E-state index contributed by atoms with van der Waals surface area (Å²) in [6, 6.07) is 6.33. The number of ketones is 1. The molecule has 104 valence electrons. The first-order valence-corrected chi connectivity index (χ1v) is 7.03. The molecular weight excluding hydrogens is 238 g/mol. The number of methoxy groups -OCH3 is 1. The summed E-state index contributed by atoms with van der Waals surface area (Å²) in [5.74, 6) is 0.985. The van der Waals surface area contributed by atoms with Gasteiger partial charge in [0.25, 0.3) is 0 Å². The Hall–Kier alpha value is -1.35. The first-order chi connectivity index (χ1) is 9.11. The lowest BCUT2D eigenvalue weighted by molar-refractivity contribution is 0.101. The van der Waals surface area contributed by atoms with Gasteiger partial charge in [-0.25, -0.2) is 0 Å². The highest BCUT2D eigenvalue weighted by Crippen LogP contribution is 2.25. The second-order valence-corrected chi connectivity index (χ2v) is 5.40. The van der Waals surface area contributed by atoms with E-state index in [4.69, 9.17) is 4.74 Å². The van der Waals surface area contributed by atoms with Gasteiger partial charge in [-0.05, 0) is 51.4 Å². The van der Waals surface area contributed by atoms with E-state index in [1.807, 2.05) is 18.2 Å². The lowest BCUT2D eigenvalue weighted by atomic mass is 10.0. The van der Waals surface area contributed by atoms with Crippen LogP contribution in [0.4, 0.5) is 0 Å². The fraction of sp³-hybridized carbons (Fsp3) is 0.562. The van der Waals surface area contributed by atoms with Crippen molar-refractivity contribution < 1.29 is 9.53 Å². The molecule has 2 rings (SSSR count). The molecule has 1 aromatic rings. The van der Waals surface area contributed by atoms with Crippen molar-refractivity contribution >= 4 is 5.78 Å². The molecule has 0 saturated carbocycles. The molecule has 0 spiro atoms. The number of carbonyl (C=O) groups is 1. The van der Waals surface area contributed by atoms with Gasteiger partial charge >= 0.3 is 0 Å². The number of hydrogen-bond acceptors (Lipinski definition) is 3. The summed E-state index contributed by atoms with van der Waals surface area (Å²) in [7, 11) is 1.69. The van der Waals surface area contributed by atoms with E-state index in [1.165, 1.54) is 19.3 Å². The van der Waals surface area contributed by atoms with Crippen molar-refractivity contribution in [1.82, 2.24) is 4.90 Å². The summed E-state index contributed by atoms with van der Waals surface area (Å²) < 4.78 is 5.42. The molecule has 3 nitrogen and oxygen atoms in total. The third kappa shape index (κ3) is 3.35. The van der Waals surface area contributed by atoms with E-state index < -0.39 is 0 Å². The lowest BCUT2D eigenvalue weighted by Crippen LogP contribution is -2.36. The van der Waals surface area contributed by atoms with Crippen molar-refractivity contribution in [2.24, 2.45) is 0 Å². The molecule has 1 aliphatic heterocycles. The number of benzene rings is 1. The van der Waals surface area contributed by atoms with Gasteiger partial charge in [-0.15, -0.1) is 0 Å². The highest BCUT2D eigenvalue weighted by atomic mass is 16.5. The molecule has 0 radical (unpaired) electrons. The minimum atomic E-state index is 0.107. The third-order valence-corrected chi connectivity index (χ3v) is 4.00. The third-order valence-electron chi connectivity index (χ3n) is 4.00. The van der Waals surface area contributed by atoms with Crippen LogP contribution < -0.4 is 4.74 Å². The summed E-state index contributed by atoms with van der Waals surface area (Å²) in [6.07, 6.45) is 3.84. The van der Waals surface area contributed by atoms with E-state index in [0.717, 1.165) is 30.0 Å². The number of carbonyl (C=O) groups excluding carboxylic acids is 1. The van der Waals surface area contributed by atoms with Crippen LogP contribution in [0.3, 0.4) is 0 Å². The Morgan fingerprint density at radius 2 is 2.21 bits per heavy atom. The maximum absolute atomic E-state index is 11.5. The van der Waals surface area contributed by atoms with E-state index in [-0.39, 0.29) is 5.78 Å². The molecule has 0 aromatic heterocycles. The molecule has 0 bridgehead atoms. The number of ether oxygens (including phenoxy) is 1. The van der Waals surface area contributed by atoms with Gasteiger partial charge in [0, 0.05) is 23.7 Å². The quantitative estimate of drug-likeness (QED) is 0.779. The number of hydrogen-bond donors (Lipinski definition) is 0. The molecule has 1 aliphatic rings. The SMILES string of the molecule is COc1ccc(C(C)=O)cc1CN1CCCCC1C. The maximum Gasteiger partial charge on any atom is 0.159 e. The summed E-state index contributed by atoms with van der Waals surface area (Å²) in [5.41, 5.74) is 1.88. The largest absolute Gasteiger partial charge is 0.496 e. The zero-order chi connectivity index (χ0) is 13.8. The molecule has 1 saturated heterocycles. The average molecular weight is 261 g/mol. The molecule has 19 heavy (non-hydrogen) atoms. The Labute approximate surface area is 115 Å². The number of likely N-dealkylation sites (tertiary alicyclic amines) is 1. The zero-order valence-electron chi connectivity index (χ0n) is 12.1. The maximum atomic E-state index is 11.5. The van der Waals surface area contributed by atoms with Gasteiger partial charge in [0.05, 0.1) is 7.11 Å². The molecular formula is C16H23NO2. The first kappa shape index (κ1) is 14.1. The van der Waals surface area contributed by atoms with Crippen LogP contribution in [0.1, 0.15) is 49.0 Å².